The van der Waals surface area contributed by atoms with Crippen molar-refractivity contribution in [1.82, 2.24) is 4.72 Å². The SMILES string of the molecule is CNS(=O)(=O)c1cc(N)ccc1Oc1cccc(Cl)c1Cl. The molecule has 0 saturated carbocycles. The second-order valence-corrected chi connectivity index (χ2v) is 6.71. The molecular weight excluding hydrogens is 335 g/mol. The monoisotopic (exact) mass is 346 g/mol. The number of nitrogens with one attached hydrogen (secondary N) is 1. The van der Waals surface area contributed by atoms with Gasteiger partial charge in [0.25, 0.3) is 0 Å². The first-order valence-corrected chi connectivity index (χ1v) is 8.04. The first kappa shape index (κ1) is 15.9. The molecule has 0 fully saturated rings. The number of nitrogen functional groups attached to an aromatic ring is 1. The fourth-order valence-electron chi connectivity index (χ4n) is 1.61. The molecule has 0 unspecified atom stereocenters. The Kier molecular flexibility index (Phi) is 4.63. The number of benzene rings is 2. The van der Waals surface area contributed by atoms with Gasteiger partial charge in [-0.05, 0) is 37.4 Å². The highest BCUT2D eigenvalue weighted by atomic mass is 35.5. The van der Waals surface area contributed by atoms with E-state index in [1.807, 2.05) is 0 Å². The Morgan fingerprint density at radius 2 is 1.86 bits per heavy atom. The van der Waals surface area contributed by atoms with E-state index < -0.39 is 10.0 Å². The summed E-state index contributed by atoms with van der Waals surface area (Å²) in [5, 5.41) is 0.506. The number of nitrogens with two attached hydrogens (primary N) is 1. The van der Waals surface area contributed by atoms with Crippen molar-refractivity contribution in [2.45, 2.75) is 4.90 Å². The van der Waals surface area contributed by atoms with Gasteiger partial charge in [0.2, 0.25) is 10.0 Å². The molecule has 0 aromatic heterocycles. The van der Waals surface area contributed by atoms with Gasteiger partial charge in [-0.1, -0.05) is 29.3 Å². The minimum atomic E-state index is -3.73. The van der Waals surface area contributed by atoms with E-state index in [1.54, 1.807) is 18.2 Å². The molecule has 0 atom stereocenters. The maximum Gasteiger partial charge on any atom is 0.244 e. The standard InChI is InChI=1S/C13H12Cl2N2O3S/c1-17-21(18,19)12-7-8(16)5-6-10(12)20-11-4-2-3-9(14)13(11)15/h2-7,17H,16H2,1H3. The molecule has 0 aliphatic heterocycles. The van der Waals surface area contributed by atoms with Crippen LogP contribution in [0.5, 0.6) is 11.5 Å². The lowest BCUT2D eigenvalue weighted by molar-refractivity contribution is 0.467. The molecule has 5 nitrogen and oxygen atoms in total. The zero-order valence-electron chi connectivity index (χ0n) is 10.9. The van der Waals surface area contributed by atoms with Gasteiger partial charge in [0, 0.05) is 5.69 Å². The van der Waals surface area contributed by atoms with Crippen LogP contribution in [0.15, 0.2) is 41.3 Å². The molecule has 0 amide bonds. The van der Waals surface area contributed by atoms with Crippen molar-refractivity contribution >= 4 is 38.9 Å². The molecule has 2 rings (SSSR count). The van der Waals surface area contributed by atoms with Gasteiger partial charge < -0.3 is 10.5 Å². The maximum atomic E-state index is 12.0. The normalized spacial score (nSPS) is 11.4. The molecule has 0 aliphatic rings. The Morgan fingerprint density at radius 3 is 2.52 bits per heavy atom. The molecule has 0 spiro atoms. The van der Waals surface area contributed by atoms with Crippen LogP contribution in [0.3, 0.4) is 0 Å². The topological polar surface area (TPSA) is 81.4 Å². The Bertz CT molecular complexity index is 779. The highest BCUT2D eigenvalue weighted by Gasteiger charge is 2.19. The highest BCUT2D eigenvalue weighted by Crippen LogP contribution is 2.37. The summed E-state index contributed by atoms with van der Waals surface area (Å²) in [5.41, 5.74) is 5.93. The largest absolute Gasteiger partial charge is 0.454 e. The average Bonchev–Trinajstić information content (AvgIpc) is 2.45. The number of hydrogen-bond acceptors (Lipinski definition) is 4. The van der Waals surface area contributed by atoms with Gasteiger partial charge in [0.15, 0.2) is 0 Å². The zero-order chi connectivity index (χ0) is 15.6. The maximum absolute atomic E-state index is 12.0. The number of ether oxygens (including phenoxy) is 1. The van der Waals surface area contributed by atoms with Crippen molar-refractivity contribution in [3.05, 3.63) is 46.4 Å². The van der Waals surface area contributed by atoms with E-state index in [-0.39, 0.29) is 21.4 Å². The molecule has 112 valence electrons. The van der Waals surface area contributed by atoms with E-state index in [0.717, 1.165) is 0 Å². The van der Waals surface area contributed by atoms with Crippen LogP contribution in [0, 0.1) is 0 Å². The zero-order valence-corrected chi connectivity index (χ0v) is 13.3. The summed E-state index contributed by atoms with van der Waals surface area (Å²) in [6.45, 7) is 0. The third-order valence-corrected chi connectivity index (χ3v) is 4.90. The molecule has 0 heterocycles. The minimum Gasteiger partial charge on any atom is -0.454 e. The number of halogens is 2. The lowest BCUT2D eigenvalue weighted by atomic mass is 10.3. The van der Waals surface area contributed by atoms with E-state index in [0.29, 0.717) is 10.7 Å². The fraction of sp³-hybridized carbons (Fsp3) is 0.0769. The van der Waals surface area contributed by atoms with Gasteiger partial charge in [0.1, 0.15) is 21.4 Å². The van der Waals surface area contributed by atoms with Crippen LogP contribution in [0.4, 0.5) is 5.69 Å². The lowest BCUT2D eigenvalue weighted by Crippen LogP contribution is -2.19. The van der Waals surface area contributed by atoms with Crippen molar-refractivity contribution in [1.29, 1.82) is 0 Å². The molecule has 0 saturated heterocycles. The number of sulfonamides is 1. The number of hydrogen-bond donors (Lipinski definition) is 2. The predicted molar refractivity (Wildman–Crippen MR) is 83.6 cm³/mol. The van der Waals surface area contributed by atoms with Crippen molar-refractivity contribution < 1.29 is 13.2 Å². The van der Waals surface area contributed by atoms with Crippen LogP contribution in [-0.2, 0) is 10.0 Å². The van der Waals surface area contributed by atoms with Gasteiger partial charge >= 0.3 is 0 Å². The summed E-state index contributed by atoms with van der Waals surface area (Å²) in [7, 11) is -2.43. The second-order valence-electron chi connectivity index (χ2n) is 4.07. The van der Waals surface area contributed by atoms with E-state index in [2.05, 4.69) is 4.72 Å². The molecule has 0 bridgehead atoms. The van der Waals surface area contributed by atoms with Crippen LogP contribution in [0.1, 0.15) is 0 Å². The first-order valence-electron chi connectivity index (χ1n) is 5.80. The van der Waals surface area contributed by atoms with Gasteiger partial charge in [-0.25, -0.2) is 13.1 Å². The van der Waals surface area contributed by atoms with E-state index in [9.17, 15) is 8.42 Å². The first-order chi connectivity index (χ1) is 9.85. The third kappa shape index (κ3) is 3.41. The Labute approximate surface area is 132 Å². The van der Waals surface area contributed by atoms with E-state index in [4.69, 9.17) is 33.7 Å². The van der Waals surface area contributed by atoms with Crippen LogP contribution in [-0.4, -0.2) is 15.5 Å². The summed E-state index contributed by atoms with van der Waals surface area (Å²) in [6, 6.07) is 9.12. The summed E-state index contributed by atoms with van der Waals surface area (Å²) in [6.07, 6.45) is 0. The lowest BCUT2D eigenvalue weighted by Gasteiger charge is -2.13. The summed E-state index contributed by atoms with van der Waals surface area (Å²) >= 11 is 11.9. The molecule has 0 radical (unpaired) electrons. The van der Waals surface area contributed by atoms with Crippen LogP contribution in [0.25, 0.3) is 0 Å². The minimum absolute atomic E-state index is 0.0824. The number of anilines is 1. The quantitative estimate of drug-likeness (QED) is 0.832. The van der Waals surface area contributed by atoms with Crippen LogP contribution < -0.4 is 15.2 Å². The van der Waals surface area contributed by atoms with Crippen molar-refractivity contribution in [2.75, 3.05) is 12.8 Å². The van der Waals surface area contributed by atoms with Crippen molar-refractivity contribution in [2.24, 2.45) is 0 Å². The van der Waals surface area contributed by atoms with Crippen LogP contribution in [0.2, 0.25) is 10.0 Å². The predicted octanol–water partition coefficient (Wildman–Crippen LogP) is 3.28. The fourth-order valence-corrected chi connectivity index (χ4v) is 2.83. The summed E-state index contributed by atoms with van der Waals surface area (Å²) in [4.78, 5) is -0.0824. The Morgan fingerprint density at radius 1 is 1.14 bits per heavy atom. The summed E-state index contributed by atoms with van der Waals surface area (Å²) < 4.78 is 31.8. The highest BCUT2D eigenvalue weighted by molar-refractivity contribution is 7.89. The number of rotatable bonds is 4. The van der Waals surface area contributed by atoms with Gasteiger partial charge in [-0.15, -0.1) is 0 Å². The van der Waals surface area contributed by atoms with Gasteiger partial charge in [-0.3, -0.25) is 0 Å². The molecule has 2 aromatic rings. The molecule has 8 heteroatoms. The smallest absolute Gasteiger partial charge is 0.244 e. The molecule has 3 N–H and O–H groups in total. The molecule has 2 aromatic carbocycles. The van der Waals surface area contributed by atoms with Crippen molar-refractivity contribution in [3.63, 3.8) is 0 Å². The van der Waals surface area contributed by atoms with Gasteiger partial charge in [-0.2, -0.15) is 0 Å². The van der Waals surface area contributed by atoms with E-state index in [1.165, 1.54) is 25.2 Å². The van der Waals surface area contributed by atoms with Crippen LogP contribution >= 0.6 is 23.2 Å². The molecular formula is C13H12Cl2N2O3S. The third-order valence-electron chi connectivity index (χ3n) is 2.66. The Balaban J connectivity index is 2.53. The molecule has 21 heavy (non-hydrogen) atoms. The van der Waals surface area contributed by atoms with Crippen molar-refractivity contribution in [3.8, 4) is 11.5 Å². The summed E-state index contributed by atoms with van der Waals surface area (Å²) in [5.74, 6) is 0.351. The second kappa shape index (κ2) is 6.11. The van der Waals surface area contributed by atoms with Gasteiger partial charge in [0.05, 0.1) is 5.02 Å². The Hall–Kier alpha value is -1.47. The molecule has 0 aliphatic carbocycles. The van der Waals surface area contributed by atoms with E-state index >= 15 is 0 Å². The average molecular weight is 347 g/mol.